The second-order valence-corrected chi connectivity index (χ2v) is 4.09. The first kappa shape index (κ1) is 8.73. The summed E-state index contributed by atoms with van der Waals surface area (Å²) in [6.07, 6.45) is 3.32. The molecule has 2 aliphatic rings. The average molecular weight is 182 g/mol. The zero-order valence-electron chi connectivity index (χ0n) is 7.79. The van der Waals surface area contributed by atoms with E-state index in [-0.39, 0.29) is 18.0 Å². The molecule has 0 heterocycles. The van der Waals surface area contributed by atoms with Gasteiger partial charge in [-0.05, 0) is 25.2 Å². The van der Waals surface area contributed by atoms with Crippen LogP contribution in [0.3, 0.4) is 0 Å². The van der Waals surface area contributed by atoms with Gasteiger partial charge in [-0.1, -0.05) is 0 Å². The summed E-state index contributed by atoms with van der Waals surface area (Å²) in [6.45, 7) is 1.41. The van der Waals surface area contributed by atoms with Gasteiger partial charge in [0.2, 0.25) is 0 Å². The molecule has 0 spiro atoms. The van der Waals surface area contributed by atoms with E-state index >= 15 is 0 Å². The summed E-state index contributed by atoms with van der Waals surface area (Å²) in [6, 6.07) is 0. The molecule has 0 N–H and O–H groups in total. The summed E-state index contributed by atoms with van der Waals surface area (Å²) >= 11 is 0. The Morgan fingerprint density at radius 2 is 2.23 bits per heavy atom. The van der Waals surface area contributed by atoms with Crippen LogP contribution in [0, 0.1) is 11.8 Å². The summed E-state index contributed by atoms with van der Waals surface area (Å²) in [5, 5.41) is 0. The Hall–Kier alpha value is -0.860. The summed E-state index contributed by atoms with van der Waals surface area (Å²) in [5.41, 5.74) is 0. The molecule has 3 atom stereocenters. The lowest BCUT2D eigenvalue weighted by Crippen LogP contribution is -2.33. The predicted molar refractivity (Wildman–Crippen MR) is 46.0 cm³/mol. The summed E-state index contributed by atoms with van der Waals surface area (Å²) in [5.74, 6) is 0.756. The van der Waals surface area contributed by atoms with Crippen molar-refractivity contribution >= 4 is 11.8 Å². The van der Waals surface area contributed by atoms with Gasteiger partial charge < -0.3 is 4.74 Å². The van der Waals surface area contributed by atoms with E-state index in [9.17, 15) is 9.59 Å². The molecule has 0 aliphatic heterocycles. The Morgan fingerprint density at radius 3 is 2.92 bits per heavy atom. The maximum atomic E-state index is 11.5. The van der Waals surface area contributed by atoms with Gasteiger partial charge in [0.05, 0.1) is 0 Å². The second kappa shape index (κ2) is 3.13. The molecule has 0 aromatic rings. The van der Waals surface area contributed by atoms with E-state index in [0.717, 1.165) is 19.3 Å². The Balaban J connectivity index is 2.04. The molecule has 2 fully saturated rings. The van der Waals surface area contributed by atoms with Crippen LogP contribution >= 0.6 is 0 Å². The first-order chi connectivity index (χ1) is 6.16. The lowest BCUT2D eigenvalue weighted by molar-refractivity contribution is -0.152. The summed E-state index contributed by atoms with van der Waals surface area (Å²) in [7, 11) is 0. The molecule has 2 bridgehead atoms. The van der Waals surface area contributed by atoms with Crippen molar-refractivity contribution in [1.29, 1.82) is 0 Å². The van der Waals surface area contributed by atoms with Gasteiger partial charge in [0.15, 0.2) is 0 Å². The fourth-order valence-corrected chi connectivity index (χ4v) is 2.53. The second-order valence-electron chi connectivity index (χ2n) is 4.09. The van der Waals surface area contributed by atoms with E-state index in [1.165, 1.54) is 6.92 Å². The number of ether oxygens (including phenoxy) is 1. The van der Waals surface area contributed by atoms with Crippen molar-refractivity contribution in [3.63, 3.8) is 0 Å². The zero-order chi connectivity index (χ0) is 9.42. The van der Waals surface area contributed by atoms with Crippen LogP contribution in [-0.4, -0.2) is 17.9 Å². The van der Waals surface area contributed by atoms with E-state index in [4.69, 9.17) is 4.74 Å². The third kappa shape index (κ3) is 1.60. The fraction of sp³-hybridized carbons (Fsp3) is 0.800. The molecular weight excluding hydrogens is 168 g/mol. The minimum Gasteiger partial charge on any atom is -0.462 e. The molecule has 2 rings (SSSR count). The number of Topliss-reactive ketones (excluding diaryl/α,β-unsaturated/α-hetero) is 1. The van der Waals surface area contributed by atoms with E-state index in [2.05, 4.69) is 0 Å². The molecular formula is C10H14O3. The Bertz CT molecular complexity index is 247. The highest BCUT2D eigenvalue weighted by Gasteiger charge is 2.42. The highest BCUT2D eigenvalue weighted by atomic mass is 16.5. The third-order valence-corrected chi connectivity index (χ3v) is 3.17. The zero-order valence-corrected chi connectivity index (χ0v) is 7.79. The standard InChI is InChI=1S/C10H14O3/c1-6(11)13-10-5-9(12)7-2-3-8(10)4-7/h7-8,10H,2-5H2,1H3/t7-,8+,10+/m1/s1. The summed E-state index contributed by atoms with van der Waals surface area (Å²) < 4.78 is 5.13. The Labute approximate surface area is 77.4 Å². The Morgan fingerprint density at radius 1 is 1.46 bits per heavy atom. The van der Waals surface area contributed by atoms with E-state index in [1.54, 1.807) is 0 Å². The van der Waals surface area contributed by atoms with E-state index < -0.39 is 0 Å². The van der Waals surface area contributed by atoms with Crippen molar-refractivity contribution in [2.45, 2.75) is 38.7 Å². The van der Waals surface area contributed by atoms with Crippen LogP contribution in [0.2, 0.25) is 0 Å². The third-order valence-electron chi connectivity index (χ3n) is 3.17. The molecule has 0 unspecified atom stereocenters. The van der Waals surface area contributed by atoms with Gasteiger partial charge in [0.25, 0.3) is 0 Å². The molecule has 3 nitrogen and oxygen atoms in total. The van der Waals surface area contributed by atoms with E-state index in [0.29, 0.717) is 18.1 Å². The number of esters is 1. The van der Waals surface area contributed by atoms with Gasteiger partial charge in [-0.15, -0.1) is 0 Å². The number of hydrogen-bond donors (Lipinski definition) is 0. The van der Waals surface area contributed by atoms with Crippen LogP contribution in [0.4, 0.5) is 0 Å². The van der Waals surface area contributed by atoms with Gasteiger partial charge in [0, 0.05) is 19.3 Å². The van der Waals surface area contributed by atoms with E-state index in [1.807, 2.05) is 0 Å². The molecule has 0 aromatic heterocycles. The van der Waals surface area contributed by atoms with Crippen LogP contribution in [0.15, 0.2) is 0 Å². The maximum absolute atomic E-state index is 11.5. The van der Waals surface area contributed by atoms with Crippen molar-refractivity contribution in [2.24, 2.45) is 11.8 Å². The van der Waals surface area contributed by atoms with Crippen LogP contribution in [0.5, 0.6) is 0 Å². The maximum Gasteiger partial charge on any atom is 0.302 e. The molecule has 72 valence electrons. The molecule has 0 saturated heterocycles. The van der Waals surface area contributed by atoms with Crippen LogP contribution in [0.1, 0.15) is 32.6 Å². The normalized spacial score (nSPS) is 37.6. The smallest absolute Gasteiger partial charge is 0.302 e. The average Bonchev–Trinajstić information content (AvgIpc) is 2.44. The first-order valence-electron chi connectivity index (χ1n) is 4.86. The number of fused-ring (bicyclic) bond motifs is 2. The van der Waals surface area contributed by atoms with Gasteiger partial charge in [-0.25, -0.2) is 0 Å². The number of hydrogen-bond acceptors (Lipinski definition) is 3. The van der Waals surface area contributed by atoms with Gasteiger partial charge >= 0.3 is 5.97 Å². The van der Waals surface area contributed by atoms with Crippen LogP contribution in [0.25, 0.3) is 0 Å². The largest absolute Gasteiger partial charge is 0.462 e. The van der Waals surface area contributed by atoms with Crippen molar-refractivity contribution in [1.82, 2.24) is 0 Å². The molecule has 13 heavy (non-hydrogen) atoms. The molecule has 0 amide bonds. The van der Waals surface area contributed by atoms with Crippen molar-refractivity contribution in [3.8, 4) is 0 Å². The number of rotatable bonds is 1. The van der Waals surface area contributed by atoms with Crippen molar-refractivity contribution in [3.05, 3.63) is 0 Å². The summed E-state index contributed by atoms with van der Waals surface area (Å²) in [4.78, 5) is 22.2. The molecule has 0 aromatic carbocycles. The topological polar surface area (TPSA) is 43.4 Å². The minimum absolute atomic E-state index is 0.122. The van der Waals surface area contributed by atoms with Crippen LogP contribution in [-0.2, 0) is 14.3 Å². The number of carbonyl (C=O) groups is 2. The van der Waals surface area contributed by atoms with Crippen LogP contribution < -0.4 is 0 Å². The first-order valence-corrected chi connectivity index (χ1v) is 4.86. The molecule has 2 saturated carbocycles. The minimum atomic E-state index is -0.261. The lowest BCUT2D eigenvalue weighted by atomic mass is 9.86. The van der Waals surface area contributed by atoms with Crippen molar-refractivity contribution in [2.75, 3.05) is 0 Å². The quantitative estimate of drug-likeness (QED) is 0.574. The number of carbonyl (C=O) groups excluding carboxylic acids is 2. The lowest BCUT2D eigenvalue weighted by Gasteiger charge is -2.27. The molecule has 0 radical (unpaired) electrons. The van der Waals surface area contributed by atoms with Gasteiger partial charge in [0.1, 0.15) is 11.9 Å². The molecule has 3 heteroatoms. The number of ketones is 1. The highest BCUT2D eigenvalue weighted by molar-refractivity contribution is 5.83. The molecule has 2 aliphatic carbocycles. The Kier molecular flexibility index (Phi) is 2.10. The highest BCUT2D eigenvalue weighted by Crippen LogP contribution is 2.41. The predicted octanol–water partition coefficient (Wildman–Crippen LogP) is 1.31. The van der Waals surface area contributed by atoms with Crippen molar-refractivity contribution < 1.29 is 14.3 Å². The van der Waals surface area contributed by atoms with Gasteiger partial charge in [-0.2, -0.15) is 0 Å². The monoisotopic (exact) mass is 182 g/mol. The SMILES string of the molecule is CC(=O)O[C@H]1CC(=O)[C@@H]2CC[C@H]1C2. The fourth-order valence-electron chi connectivity index (χ4n) is 2.53. The van der Waals surface area contributed by atoms with Gasteiger partial charge in [-0.3, -0.25) is 9.59 Å².